The summed E-state index contributed by atoms with van der Waals surface area (Å²) in [5.41, 5.74) is 0. The molecular formula is C16H32Na2O5S. The van der Waals surface area contributed by atoms with Crippen molar-refractivity contribution in [3.8, 4) is 0 Å². The van der Waals surface area contributed by atoms with Gasteiger partial charge in [0.15, 0.2) is 0 Å². The molecule has 8 heteroatoms. The van der Waals surface area contributed by atoms with Crippen LogP contribution in [0.2, 0.25) is 0 Å². The third-order valence-electron chi connectivity index (χ3n) is 3.23. The summed E-state index contributed by atoms with van der Waals surface area (Å²) in [6, 6.07) is 0. The zero-order valence-electron chi connectivity index (χ0n) is 16.1. The number of aliphatic carboxylic acids is 1. The summed E-state index contributed by atoms with van der Waals surface area (Å²) in [4.78, 5) is 10.0. The van der Waals surface area contributed by atoms with E-state index in [-0.39, 0.29) is 71.3 Å². The summed E-state index contributed by atoms with van der Waals surface area (Å²) in [5, 5.41) is 10.0. The van der Waals surface area contributed by atoms with Crippen LogP contribution in [0.4, 0.5) is 0 Å². The quantitative estimate of drug-likeness (QED) is 0.192. The van der Waals surface area contributed by atoms with Gasteiger partial charge < -0.3 is 14.5 Å². The molecule has 0 rings (SSSR count). The van der Waals surface area contributed by atoms with Crippen molar-refractivity contribution < 1.29 is 82.0 Å². The van der Waals surface area contributed by atoms with E-state index >= 15 is 0 Å². The molecule has 0 unspecified atom stereocenters. The van der Waals surface area contributed by atoms with Crippen LogP contribution in [0.15, 0.2) is 0 Å². The van der Waals surface area contributed by atoms with Gasteiger partial charge in [0.1, 0.15) is 0 Å². The first-order valence-corrected chi connectivity index (χ1v) is 10.0. The van der Waals surface area contributed by atoms with Crippen LogP contribution >= 0.6 is 0 Å². The van der Waals surface area contributed by atoms with Crippen molar-refractivity contribution in [2.24, 2.45) is 0 Å². The molecule has 5 nitrogen and oxygen atoms in total. The topological polar surface area (TPSA) is 97.3 Å². The maximum Gasteiger partial charge on any atom is 1.00 e. The molecule has 0 fully saturated rings. The van der Waals surface area contributed by atoms with Crippen LogP contribution in [0.5, 0.6) is 0 Å². The Hall–Kier alpha value is 1.38. The van der Waals surface area contributed by atoms with E-state index in [1.54, 1.807) is 0 Å². The molecule has 0 saturated heterocycles. The minimum absolute atomic E-state index is 0. The third-order valence-corrected chi connectivity index (χ3v) is 4.02. The molecule has 0 heterocycles. The van der Waals surface area contributed by atoms with E-state index in [2.05, 4.69) is 6.92 Å². The first kappa shape index (κ1) is 33.0. The summed E-state index contributed by atoms with van der Waals surface area (Å²) in [7, 11) is -3.95. The average molecular weight is 382 g/mol. The fourth-order valence-electron chi connectivity index (χ4n) is 1.93. The number of unbranched alkanes of at least 4 members (excludes halogenated alkanes) is 9. The Morgan fingerprint density at radius 1 is 0.750 bits per heavy atom. The van der Waals surface area contributed by atoms with Crippen molar-refractivity contribution >= 4 is 16.1 Å². The van der Waals surface area contributed by atoms with E-state index in [4.69, 9.17) is 0 Å². The van der Waals surface area contributed by atoms with Crippen LogP contribution in [0.3, 0.4) is 0 Å². The Morgan fingerprint density at radius 2 is 1.12 bits per heavy atom. The molecule has 0 atom stereocenters. The Kier molecular flexibility index (Phi) is 33.5. The van der Waals surface area contributed by atoms with Gasteiger partial charge >= 0.3 is 59.1 Å². The van der Waals surface area contributed by atoms with Crippen molar-refractivity contribution in [1.82, 2.24) is 0 Å². The van der Waals surface area contributed by atoms with E-state index in [9.17, 15) is 22.9 Å². The van der Waals surface area contributed by atoms with Gasteiger partial charge in [-0.2, -0.15) is 0 Å². The summed E-state index contributed by atoms with van der Waals surface area (Å²) < 4.78 is 30.1. The predicted molar refractivity (Wildman–Crippen MR) is 86.3 cm³/mol. The molecule has 24 heavy (non-hydrogen) atoms. The molecule has 0 aliphatic rings. The molecule has 0 aromatic rings. The van der Waals surface area contributed by atoms with Gasteiger partial charge in [-0.25, -0.2) is 8.42 Å². The Morgan fingerprint density at radius 3 is 1.50 bits per heavy atom. The second kappa shape index (κ2) is 24.4. The number of rotatable bonds is 13. The number of carboxylic acid groups (broad SMARTS) is 1. The van der Waals surface area contributed by atoms with Crippen molar-refractivity contribution in [2.45, 2.75) is 90.9 Å². The number of hydrogen-bond donors (Lipinski definition) is 0. The first-order chi connectivity index (χ1) is 10.3. The fourth-order valence-corrected chi connectivity index (χ4v) is 2.49. The molecule has 0 spiro atoms. The maximum atomic E-state index is 10.0. The Bertz CT molecular complexity index is 348. The van der Waals surface area contributed by atoms with E-state index in [0.29, 0.717) is 6.42 Å². The molecule has 0 N–H and O–H groups in total. The van der Waals surface area contributed by atoms with E-state index in [1.807, 2.05) is 6.92 Å². The van der Waals surface area contributed by atoms with Crippen LogP contribution in [0, 0.1) is 0 Å². The van der Waals surface area contributed by atoms with Crippen molar-refractivity contribution in [2.75, 3.05) is 5.75 Å². The van der Waals surface area contributed by atoms with Crippen molar-refractivity contribution in [3.05, 3.63) is 0 Å². The normalized spacial score (nSPS) is 9.96. The zero-order valence-corrected chi connectivity index (χ0v) is 21.0. The Labute approximate surface area is 193 Å². The average Bonchev–Trinajstić information content (AvgIpc) is 2.42. The monoisotopic (exact) mass is 382 g/mol. The summed E-state index contributed by atoms with van der Waals surface area (Å²) >= 11 is 0. The van der Waals surface area contributed by atoms with Gasteiger partial charge in [0, 0.05) is 11.7 Å². The van der Waals surface area contributed by atoms with Crippen LogP contribution < -0.4 is 64.2 Å². The van der Waals surface area contributed by atoms with Gasteiger partial charge in [-0.3, -0.25) is 0 Å². The van der Waals surface area contributed by atoms with Gasteiger partial charge in [0.25, 0.3) is 0 Å². The van der Waals surface area contributed by atoms with E-state index in [0.717, 1.165) is 32.1 Å². The van der Waals surface area contributed by atoms with Gasteiger partial charge in [-0.15, -0.1) is 0 Å². The molecule has 0 aromatic carbocycles. The van der Waals surface area contributed by atoms with E-state index in [1.165, 1.54) is 32.1 Å². The number of carboxylic acids is 1. The van der Waals surface area contributed by atoms with Crippen molar-refractivity contribution in [3.63, 3.8) is 0 Å². The predicted octanol–water partition coefficient (Wildman–Crippen LogP) is -3.00. The van der Waals surface area contributed by atoms with Crippen LogP contribution in [0.1, 0.15) is 90.9 Å². The largest absolute Gasteiger partial charge is 1.00 e. The summed E-state index contributed by atoms with van der Waals surface area (Å²) in [6.45, 7) is 4.22. The molecule has 134 valence electrons. The molecule has 0 saturated carbocycles. The van der Waals surface area contributed by atoms with Crippen LogP contribution in [-0.4, -0.2) is 24.7 Å². The zero-order chi connectivity index (χ0) is 17.3. The van der Waals surface area contributed by atoms with Crippen LogP contribution in [0.25, 0.3) is 0 Å². The number of carbonyl (C=O) groups is 1. The van der Waals surface area contributed by atoms with E-state index < -0.39 is 16.1 Å². The fraction of sp³-hybridized carbons (Fsp3) is 0.938. The second-order valence-corrected chi connectivity index (χ2v) is 7.09. The van der Waals surface area contributed by atoms with Gasteiger partial charge in [-0.1, -0.05) is 71.6 Å². The SMILES string of the molecule is CCCCCCCCCC(=O)[O-].CCCCCCS(=O)(=O)[O-].[Na+].[Na+]. The first-order valence-electron chi connectivity index (χ1n) is 8.46. The molecule has 0 aliphatic carbocycles. The van der Waals surface area contributed by atoms with Gasteiger partial charge in [0.2, 0.25) is 0 Å². The van der Waals surface area contributed by atoms with Gasteiger partial charge in [0.05, 0.1) is 10.1 Å². The molecule has 0 bridgehead atoms. The smallest absolute Gasteiger partial charge is 0.748 e. The molecule has 0 radical (unpaired) electrons. The number of carbonyl (C=O) groups excluding carboxylic acids is 1. The van der Waals surface area contributed by atoms with Gasteiger partial charge in [-0.05, 0) is 19.3 Å². The molecular weight excluding hydrogens is 350 g/mol. The maximum absolute atomic E-state index is 10.0. The Balaban J connectivity index is -0.000000156. The molecule has 0 amide bonds. The number of hydrogen-bond acceptors (Lipinski definition) is 5. The second-order valence-electron chi connectivity index (χ2n) is 5.57. The minimum Gasteiger partial charge on any atom is -0.748 e. The van der Waals surface area contributed by atoms with Crippen LogP contribution in [-0.2, 0) is 14.9 Å². The molecule has 0 aliphatic heterocycles. The molecule has 0 aromatic heterocycles. The minimum atomic E-state index is -3.95. The van der Waals surface area contributed by atoms with Crippen molar-refractivity contribution in [1.29, 1.82) is 0 Å². The summed E-state index contributed by atoms with van der Waals surface area (Å²) in [5.74, 6) is -1.11. The standard InChI is InChI=1S/C10H20O2.C6H14O3S.2Na/c1-2-3-4-5-6-7-8-9-10(11)12;1-2-3-4-5-6-10(7,8)9;;/h2-9H2,1H3,(H,11,12);2-6H2,1H3,(H,7,8,9);;/q;;2*+1/p-2. The summed E-state index contributed by atoms with van der Waals surface area (Å²) in [6.07, 6.45) is 11.8. The third kappa shape index (κ3) is 38.8.